The first-order valence-electron chi connectivity index (χ1n) is 5.04. The van der Waals surface area contributed by atoms with Crippen molar-refractivity contribution in [2.45, 2.75) is 12.5 Å². The van der Waals surface area contributed by atoms with Gasteiger partial charge in [0.25, 0.3) is 0 Å². The molecule has 3 heteroatoms. The summed E-state index contributed by atoms with van der Waals surface area (Å²) >= 11 is 6.02. The molecule has 1 N–H and O–H groups in total. The van der Waals surface area contributed by atoms with Crippen LogP contribution in [0.15, 0.2) is 24.4 Å². The van der Waals surface area contributed by atoms with Crippen LogP contribution < -0.4 is 5.32 Å². The maximum atomic E-state index is 6.02. The molecule has 1 fully saturated rings. The lowest BCUT2D eigenvalue weighted by molar-refractivity contribution is -0.0725. The number of ether oxygens (including phenoxy) is 1. The Labute approximate surface area is 93.9 Å². The van der Waals surface area contributed by atoms with Gasteiger partial charge in [-0.25, -0.2) is 0 Å². The molecule has 2 heterocycles. The van der Waals surface area contributed by atoms with E-state index in [2.05, 4.69) is 24.5 Å². The van der Waals surface area contributed by atoms with Crippen molar-refractivity contribution in [1.82, 2.24) is 5.32 Å². The molecule has 0 aliphatic carbocycles. The first-order chi connectivity index (χ1) is 7.21. The Morgan fingerprint density at radius 1 is 1.40 bits per heavy atom. The van der Waals surface area contributed by atoms with Crippen LogP contribution in [0.4, 0.5) is 0 Å². The second-order valence-electron chi connectivity index (χ2n) is 4.24. The minimum atomic E-state index is -0.000563. The Balaban J connectivity index is 2.19. The summed E-state index contributed by atoms with van der Waals surface area (Å²) in [6.45, 7) is 3.57. The number of nitrogens with one attached hydrogen (secondary N) is 1. The van der Waals surface area contributed by atoms with Crippen LogP contribution in [-0.4, -0.2) is 13.2 Å². The Bertz CT molecular complexity index is 449. The topological polar surface area (TPSA) is 21.3 Å². The van der Waals surface area contributed by atoms with Crippen molar-refractivity contribution >= 4 is 17.2 Å². The van der Waals surface area contributed by atoms with Crippen molar-refractivity contribution in [3.8, 4) is 0 Å². The van der Waals surface area contributed by atoms with Gasteiger partial charge in [0.1, 0.15) is 5.54 Å². The second kappa shape index (κ2) is 3.00. The third-order valence-corrected chi connectivity index (χ3v) is 3.42. The van der Waals surface area contributed by atoms with Crippen molar-refractivity contribution < 1.29 is 4.74 Å². The number of hydrogen-bond donors (Lipinski definition) is 1. The van der Waals surface area contributed by atoms with Crippen molar-refractivity contribution in [2.75, 3.05) is 13.2 Å². The van der Waals surface area contributed by atoms with Crippen molar-refractivity contribution in [2.24, 2.45) is 0 Å². The van der Waals surface area contributed by atoms with Crippen molar-refractivity contribution in [3.63, 3.8) is 0 Å². The Kier molecular flexibility index (Phi) is 1.85. The molecule has 2 aliphatic heterocycles. The smallest absolute Gasteiger partial charge is 0.110 e. The van der Waals surface area contributed by atoms with Crippen molar-refractivity contribution in [3.05, 3.63) is 40.5 Å². The first-order valence-corrected chi connectivity index (χ1v) is 5.42. The summed E-state index contributed by atoms with van der Waals surface area (Å²) in [6.07, 6.45) is 2.06. The first kappa shape index (κ1) is 9.25. The van der Waals surface area contributed by atoms with Gasteiger partial charge in [0.15, 0.2) is 0 Å². The van der Waals surface area contributed by atoms with Crippen LogP contribution in [0.5, 0.6) is 0 Å². The molecule has 1 aromatic rings. The van der Waals surface area contributed by atoms with Gasteiger partial charge in [0, 0.05) is 11.2 Å². The number of benzene rings is 1. The van der Waals surface area contributed by atoms with Crippen LogP contribution in [0.3, 0.4) is 0 Å². The Morgan fingerprint density at radius 3 is 2.87 bits per heavy atom. The normalized spacial score (nSPS) is 21.3. The van der Waals surface area contributed by atoms with Crippen LogP contribution in [0.2, 0.25) is 5.02 Å². The quantitative estimate of drug-likeness (QED) is 0.727. The summed E-state index contributed by atoms with van der Waals surface area (Å²) in [4.78, 5) is 0. The van der Waals surface area contributed by atoms with Crippen LogP contribution in [0.25, 0.3) is 5.57 Å². The predicted molar refractivity (Wildman–Crippen MR) is 60.7 cm³/mol. The van der Waals surface area contributed by atoms with E-state index in [0.29, 0.717) is 0 Å². The molecule has 0 bridgehead atoms. The van der Waals surface area contributed by atoms with E-state index in [1.807, 2.05) is 12.1 Å². The number of rotatable bonds is 0. The number of fused-ring (bicyclic) bond motifs is 2. The zero-order valence-corrected chi connectivity index (χ0v) is 9.27. The molecule has 78 valence electrons. The predicted octanol–water partition coefficient (Wildman–Crippen LogP) is 2.53. The van der Waals surface area contributed by atoms with Gasteiger partial charge in [-0.1, -0.05) is 17.7 Å². The van der Waals surface area contributed by atoms with Gasteiger partial charge < -0.3 is 10.1 Å². The molecule has 0 radical (unpaired) electrons. The van der Waals surface area contributed by atoms with E-state index >= 15 is 0 Å². The van der Waals surface area contributed by atoms with Gasteiger partial charge in [-0.3, -0.25) is 0 Å². The van der Waals surface area contributed by atoms with Gasteiger partial charge in [0.2, 0.25) is 0 Å². The molecular weight excluding hydrogens is 210 g/mol. The maximum Gasteiger partial charge on any atom is 0.110 e. The molecule has 0 aromatic heterocycles. The van der Waals surface area contributed by atoms with E-state index in [4.69, 9.17) is 16.3 Å². The molecule has 1 aromatic carbocycles. The molecule has 3 rings (SSSR count). The lowest BCUT2D eigenvalue weighted by atomic mass is 9.81. The minimum absolute atomic E-state index is 0.000563. The molecule has 2 aliphatic rings. The van der Waals surface area contributed by atoms with E-state index in [0.717, 1.165) is 18.2 Å². The third kappa shape index (κ3) is 1.22. The van der Waals surface area contributed by atoms with Gasteiger partial charge in [0.05, 0.1) is 13.2 Å². The third-order valence-electron chi connectivity index (χ3n) is 3.18. The van der Waals surface area contributed by atoms with Crippen LogP contribution in [0, 0.1) is 0 Å². The average molecular weight is 222 g/mol. The standard InChI is InChI=1S/C12H12ClNO/c1-8-5-14-12(6-15-7-12)11-3-2-9(13)4-10(8)11/h2-5,14H,6-7H2,1H3. The average Bonchev–Trinajstić information content (AvgIpc) is 2.17. The molecule has 0 atom stereocenters. The molecule has 1 saturated heterocycles. The van der Waals surface area contributed by atoms with Gasteiger partial charge >= 0.3 is 0 Å². The SMILES string of the molecule is CC1=CNC2(COC2)c2ccc(Cl)cc21. The van der Waals surface area contributed by atoms with E-state index in [1.54, 1.807) is 0 Å². The largest absolute Gasteiger partial charge is 0.377 e. The summed E-state index contributed by atoms with van der Waals surface area (Å²) in [5, 5.41) is 4.22. The number of halogens is 1. The van der Waals surface area contributed by atoms with Gasteiger partial charge in [-0.05, 0) is 35.8 Å². The summed E-state index contributed by atoms with van der Waals surface area (Å²) < 4.78 is 5.31. The lowest BCUT2D eigenvalue weighted by Gasteiger charge is -2.45. The second-order valence-corrected chi connectivity index (χ2v) is 4.67. The summed E-state index contributed by atoms with van der Waals surface area (Å²) in [6, 6.07) is 6.08. The molecule has 15 heavy (non-hydrogen) atoms. The fourth-order valence-electron chi connectivity index (χ4n) is 2.21. The van der Waals surface area contributed by atoms with Gasteiger partial charge in [-0.15, -0.1) is 0 Å². The fraction of sp³-hybridized carbons (Fsp3) is 0.333. The molecule has 0 amide bonds. The summed E-state index contributed by atoms with van der Waals surface area (Å²) in [5.41, 5.74) is 3.77. The molecular formula is C12H12ClNO. The minimum Gasteiger partial charge on any atom is -0.377 e. The van der Waals surface area contributed by atoms with Crippen LogP contribution in [0.1, 0.15) is 18.1 Å². The highest BCUT2D eigenvalue weighted by atomic mass is 35.5. The molecule has 1 spiro atoms. The van der Waals surface area contributed by atoms with E-state index in [1.165, 1.54) is 16.7 Å². The highest BCUT2D eigenvalue weighted by molar-refractivity contribution is 6.30. The highest BCUT2D eigenvalue weighted by Crippen LogP contribution is 2.38. The number of allylic oxidation sites excluding steroid dienone is 1. The molecule has 0 saturated carbocycles. The molecule has 0 unspecified atom stereocenters. The Morgan fingerprint density at radius 2 is 2.20 bits per heavy atom. The highest BCUT2D eigenvalue weighted by Gasteiger charge is 2.42. The summed E-state index contributed by atoms with van der Waals surface area (Å²) in [5.74, 6) is 0. The number of hydrogen-bond acceptors (Lipinski definition) is 2. The fourth-order valence-corrected chi connectivity index (χ4v) is 2.38. The summed E-state index contributed by atoms with van der Waals surface area (Å²) in [7, 11) is 0. The van der Waals surface area contributed by atoms with E-state index < -0.39 is 0 Å². The molecule has 2 nitrogen and oxygen atoms in total. The zero-order valence-electron chi connectivity index (χ0n) is 8.51. The lowest BCUT2D eigenvalue weighted by Crippen LogP contribution is -2.57. The van der Waals surface area contributed by atoms with E-state index in [-0.39, 0.29) is 5.54 Å². The Hall–Kier alpha value is -0.990. The van der Waals surface area contributed by atoms with Crippen LogP contribution in [-0.2, 0) is 10.3 Å². The zero-order chi connectivity index (χ0) is 10.5. The monoisotopic (exact) mass is 221 g/mol. The van der Waals surface area contributed by atoms with E-state index in [9.17, 15) is 0 Å². The van der Waals surface area contributed by atoms with Gasteiger partial charge in [-0.2, -0.15) is 0 Å². The maximum absolute atomic E-state index is 6.02. The van der Waals surface area contributed by atoms with Crippen molar-refractivity contribution in [1.29, 1.82) is 0 Å². The van der Waals surface area contributed by atoms with Crippen LogP contribution >= 0.6 is 11.6 Å².